The first-order valence-electron chi connectivity index (χ1n) is 10.8. The average molecular weight is 461 g/mol. The van der Waals surface area contributed by atoms with Crippen LogP contribution in [-0.2, 0) is 4.74 Å². The summed E-state index contributed by atoms with van der Waals surface area (Å²) in [6, 6.07) is 14.0. The lowest BCUT2D eigenvalue weighted by atomic mass is 9.86. The normalized spacial score (nSPS) is 14.3. The number of benzene rings is 2. The average Bonchev–Trinajstić information content (AvgIpc) is 2.81. The molecule has 1 unspecified atom stereocenters. The van der Waals surface area contributed by atoms with Gasteiger partial charge in [-0.25, -0.2) is 4.39 Å². The summed E-state index contributed by atoms with van der Waals surface area (Å²) >= 11 is 0. The molecule has 3 aromatic rings. The lowest BCUT2D eigenvalue weighted by molar-refractivity contribution is 0.226. The first kappa shape index (κ1) is 23.1. The van der Waals surface area contributed by atoms with Crippen molar-refractivity contribution in [3.05, 3.63) is 71.3 Å². The fourth-order valence-corrected chi connectivity index (χ4v) is 3.69. The number of nitrogens with two attached hydrogens (primary N) is 1. The van der Waals surface area contributed by atoms with Gasteiger partial charge in [0.05, 0.1) is 17.4 Å². The molecule has 4 rings (SSSR count). The number of halogens is 1. The van der Waals surface area contributed by atoms with E-state index in [-0.39, 0.29) is 19.0 Å². The number of aryl methyl sites for hydroxylation is 1. The first-order valence-corrected chi connectivity index (χ1v) is 10.8. The van der Waals surface area contributed by atoms with Crippen LogP contribution in [0.2, 0.25) is 0 Å². The second-order valence-electron chi connectivity index (χ2n) is 8.88. The molecule has 1 atom stereocenters. The number of nitriles is 1. The number of hydrogen-bond acceptors (Lipinski definition) is 6. The highest BCUT2D eigenvalue weighted by Crippen LogP contribution is 2.48. The van der Waals surface area contributed by atoms with Gasteiger partial charge in [0, 0.05) is 28.6 Å². The number of pyridine rings is 1. The van der Waals surface area contributed by atoms with Crippen molar-refractivity contribution in [2.45, 2.75) is 26.7 Å². The van der Waals surface area contributed by atoms with Gasteiger partial charge < -0.3 is 19.9 Å². The van der Waals surface area contributed by atoms with Crippen LogP contribution in [0.15, 0.2) is 48.7 Å². The van der Waals surface area contributed by atoms with Crippen molar-refractivity contribution in [1.82, 2.24) is 4.98 Å². The summed E-state index contributed by atoms with van der Waals surface area (Å²) in [5, 5.41) is 16.8. The monoisotopic (exact) mass is 460 g/mol. The van der Waals surface area contributed by atoms with E-state index in [4.69, 9.17) is 25.4 Å². The number of amidine groups is 1. The Morgan fingerprint density at radius 3 is 2.68 bits per heavy atom. The predicted molar refractivity (Wildman–Crippen MR) is 125 cm³/mol. The fraction of sp³-hybridized carbons (Fsp3) is 0.269. The molecule has 0 bridgehead atoms. The number of nitrogens with zero attached hydrogens (tertiary/aromatic N) is 2. The summed E-state index contributed by atoms with van der Waals surface area (Å²) in [7, 11) is 0. The first-order chi connectivity index (χ1) is 16.2. The number of rotatable bonds is 6. The zero-order valence-electron chi connectivity index (χ0n) is 19.2. The van der Waals surface area contributed by atoms with Crippen molar-refractivity contribution in [3.63, 3.8) is 0 Å². The largest absolute Gasteiger partial charge is 0.492 e. The third-order valence-corrected chi connectivity index (χ3v) is 5.57. The van der Waals surface area contributed by atoms with Crippen LogP contribution in [0, 0.1) is 34.9 Å². The molecule has 2 heterocycles. The number of nitrogens with one attached hydrogen (secondary N) is 1. The van der Waals surface area contributed by atoms with Gasteiger partial charge in [0.25, 0.3) is 6.02 Å². The zero-order valence-corrected chi connectivity index (χ0v) is 19.2. The third kappa shape index (κ3) is 4.79. The molecule has 1 aliphatic heterocycles. The van der Waals surface area contributed by atoms with Crippen LogP contribution in [0.25, 0.3) is 11.1 Å². The maximum absolute atomic E-state index is 15.2. The van der Waals surface area contributed by atoms with Gasteiger partial charge in [-0.05, 0) is 62.7 Å². The smallest absolute Gasteiger partial charge is 0.279 e. The van der Waals surface area contributed by atoms with E-state index in [1.165, 1.54) is 6.07 Å². The highest BCUT2D eigenvalue weighted by Gasteiger charge is 2.32. The highest BCUT2D eigenvalue weighted by molar-refractivity contribution is 5.69. The van der Waals surface area contributed by atoms with Crippen LogP contribution >= 0.6 is 0 Å². The molecule has 0 saturated carbocycles. The Labute approximate surface area is 197 Å². The quantitative estimate of drug-likeness (QED) is 0.382. The van der Waals surface area contributed by atoms with Crippen molar-refractivity contribution in [2.75, 3.05) is 13.2 Å². The molecule has 1 aromatic heterocycles. The molecular weight excluding hydrogens is 435 g/mol. The van der Waals surface area contributed by atoms with E-state index in [9.17, 15) is 5.26 Å². The molecule has 1 aliphatic rings. The van der Waals surface area contributed by atoms with E-state index in [0.29, 0.717) is 28.2 Å². The van der Waals surface area contributed by atoms with E-state index in [1.807, 2.05) is 25.1 Å². The maximum Gasteiger partial charge on any atom is 0.279 e. The van der Waals surface area contributed by atoms with Crippen molar-refractivity contribution >= 4 is 6.02 Å². The minimum atomic E-state index is -0.656. The van der Waals surface area contributed by atoms with Crippen LogP contribution in [0.1, 0.15) is 36.6 Å². The van der Waals surface area contributed by atoms with Gasteiger partial charge >= 0.3 is 0 Å². The SMILES string of the molecule is Cc1ccc(-c2cc(F)c3c(c2)C(COC(=N)N)c2cc(OCC(C)(C)C#N)ccc2O3)cn1. The van der Waals surface area contributed by atoms with Gasteiger partial charge in [-0.1, -0.05) is 6.07 Å². The van der Waals surface area contributed by atoms with Gasteiger partial charge in [0.2, 0.25) is 0 Å². The van der Waals surface area contributed by atoms with Crippen LogP contribution in [0.3, 0.4) is 0 Å². The second kappa shape index (κ2) is 9.02. The number of ether oxygens (including phenoxy) is 3. The number of hydrogen-bond donors (Lipinski definition) is 2. The molecule has 0 radical (unpaired) electrons. The van der Waals surface area contributed by atoms with E-state index >= 15 is 4.39 Å². The van der Waals surface area contributed by atoms with Gasteiger partial charge in [-0.2, -0.15) is 5.26 Å². The lowest BCUT2D eigenvalue weighted by Gasteiger charge is -2.29. The Morgan fingerprint density at radius 1 is 1.21 bits per heavy atom. The van der Waals surface area contributed by atoms with Crippen molar-refractivity contribution in [3.8, 4) is 34.4 Å². The van der Waals surface area contributed by atoms with Gasteiger partial charge in [-0.15, -0.1) is 0 Å². The molecule has 0 aliphatic carbocycles. The number of fused-ring (bicyclic) bond motifs is 2. The summed E-state index contributed by atoms with van der Waals surface area (Å²) in [6.45, 7) is 5.68. The summed E-state index contributed by atoms with van der Waals surface area (Å²) in [4.78, 5) is 4.31. The summed E-state index contributed by atoms with van der Waals surface area (Å²) in [5.74, 6) is 0.125. The minimum Gasteiger partial charge on any atom is -0.492 e. The standard InChI is InChI=1S/C26H25FN4O3/c1-15-4-5-16(11-31-15)17-8-20-21(12-32-25(29)30)19-10-18(33-14-26(2,3)13-28)6-7-23(19)34-24(20)22(27)9-17/h4-11,21H,12,14H2,1-3H3,(H3,29,30). The third-order valence-electron chi connectivity index (χ3n) is 5.57. The molecule has 34 heavy (non-hydrogen) atoms. The van der Waals surface area contributed by atoms with E-state index in [1.54, 1.807) is 38.2 Å². The van der Waals surface area contributed by atoms with Crippen LogP contribution in [-0.4, -0.2) is 24.2 Å². The topological polar surface area (TPSA) is 114 Å². The van der Waals surface area contributed by atoms with Gasteiger partial charge in [-0.3, -0.25) is 10.4 Å². The Bertz CT molecular complexity index is 1280. The summed E-state index contributed by atoms with van der Waals surface area (Å²) in [6.07, 6.45) is 1.69. The lowest BCUT2D eigenvalue weighted by Crippen LogP contribution is -2.22. The highest BCUT2D eigenvalue weighted by atomic mass is 19.1. The summed E-state index contributed by atoms with van der Waals surface area (Å²) in [5.41, 5.74) is 8.34. The molecule has 0 saturated heterocycles. The maximum atomic E-state index is 15.2. The fourth-order valence-electron chi connectivity index (χ4n) is 3.69. The Morgan fingerprint density at radius 2 is 2.00 bits per heavy atom. The minimum absolute atomic E-state index is 0.0148. The molecular formula is C26H25FN4O3. The van der Waals surface area contributed by atoms with Crippen molar-refractivity contribution in [1.29, 1.82) is 10.7 Å². The molecule has 8 heteroatoms. The molecule has 0 fully saturated rings. The Hall–Kier alpha value is -4.12. The second-order valence-corrected chi connectivity index (χ2v) is 8.88. The molecule has 0 spiro atoms. The zero-order chi connectivity index (χ0) is 24.5. The van der Waals surface area contributed by atoms with Crippen LogP contribution in [0.4, 0.5) is 4.39 Å². The molecule has 0 amide bonds. The number of aromatic nitrogens is 1. The Balaban J connectivity index is 1.76. The van der Waals surface area contributed by atoms with Gasteiger partial charge in [0.15, 0.2) is 11.6 Å². The van der Waals surface area contributed by atoms with Crippen molar-refractivity contribution in [2.24, 2.45) is 11.1 Å². The Kier molecular flexibility index (Phi) is 6.12. The molecule has 2 aromatic carbocycles. The molecule has 3 N–H and O–H groups in total. The van der Waals surface area contributed by atoms with E-state index in [0.717, 1.165) is 11.3 Å². The van der Waals surface area contributed by atoms with Crippen LogP contribution in [0.5, 0.6) is 17.2 Å². The van der Waals surface area contributed by atoms with Crippen molar-refractivity contribution < 1.29 is 18.6 Å². The molecule has 174 valence electrons. The van der Waals surface area contributed by atoms with Gasteiger partial charge in [0.1, 0.15) is 24.7 Å². The van der Waals surface area contributed by atoms with E-state index in [2.05, 4.69) is 11.1 Å². The molecule has 7 nitrogen and oxygen atoms in total. The van der Waals surface area contributed by atoms with Crippen LogP contribution < -0.4 is 15.2 Å². The predicted octanol–water partition coefficient (Wildman–Crippen LogP) is 5.27. The van der Waals surface area contributed by atoms with E-state index < -0.39 is 23.2 Å². The summed E-state index contributed by atoms with van der Waals surface area (Å²) < 4.78 is 32.4.